The Bertz CT molecular complexity index is 601. The molecule has 3 rings (SSSR count). The largest absolute Gasteiger partial charge is 0.436 e. The van der Waals surface area contributed by atoms with Gasteiger partial charge in [-0.05, 0) is 31.4 Å². The van der Waals surface area contributed by atoms with Gasteiger partial charge in [-0.2, -0.15) is 0 Å². The molecule has 0 bridgehead atoms. The Morgan fingerprint density at radius 1 is 1.22 bits per heavy atom. The minimum Gasteiger partial charge on any atom is -0.436 e. The molecule has 1 heterocycles. The monoisotopic (exact) mass is 261 g/mol. The summed E-state index contributed by atoms with van der Waals surface area (Å²) in [6.07, 6.45) is 4.56. The van der Waals surface area contributed by atoms with Crippen LogP contribution in [0.15, 0.2) is 24.5 Å². The third-order valence-corrected chi connectivity index (χ3v) is 3.25. The summed E-state index contributed by atoms with van der Waals surface area (Å²) < 4.78 is 5.77. The van der Waals surface area contributed by atoms with Crippen LogP contribution in [-0.2, 0) is 12.8 Å². The van der Waals surface area contributed by atoms with Crippen LogP contribution in [0.3, 0.4) is 0 Å². The molecule has 1 aliphatic rings. The Kier molecular flexibility index (Phi) is 2.80. The molecule has 1 aromatic heterocycles. The van der Waals surface area contributed by atoms with Crippen LogP contribution in [0.5, 0.6) is 11.6 Å². The molecule has 4 nitrogen and oxygen atoms in total. The van der Waals surface area contributed by atoms with Gasteiger partial charge < -0.3 is 10.5 Å². The molecule has 0 radical (unpaired) electrons. The number of halogens is 1. The minimum absolute atomic E-state index is 0.537. The molecule has 0 saturated carbocycles. The molecule has 0 unspecified atom stereocenters. The summed E-state index contributed by atoms with van der Waals surface area (Å²) in [4.78, 5) is 8.44. The Hall–Kier alpha value is -1.81. The fourth-order valence-electron chi connectivity index (χ4n) is 2.12. The average Bonchev–Trinajstić information content (AvgIpc) is 2.83. The normalized spacial score (nSPS) is 13.4. The number of benzene rings is 1. The van der Waals surface area contributed by atoms with Crippen LogP contribution in [0, 0.1) is 0 Å². The van der Waals surface area contributed by atoms with Gasteiger partial charge in [0.15, 0.2) is 5.75 Å². The van der Waals surface area contributed by atoms with Gasteiger partial charge in [-0.25, -0.2) is 9.97 Å². The number of fused-ring (bicyclic) bond motifs is 1. The third-order valence-electron chi connectivity index (χ3n) is 3.02. The van der Waals surface area contributed by atoms with E-state index in [0.29, 0.717) is 22.3 Å². The molecule has 0 spiro atoms. The van der Waals surface area contributed by atoms with Crippen LogP contribution in [-0.4, -0.2) is 9.97 Å². The van der Waals surface area contributed by atoms with Crippen molar-refractivity contribution in [2.24, 2.45) is 0 Å². The van der Waals surface area contributed by atoms with E-state index in [-0.39, 0.29) is 0 Å². The van der Waals surface area contributed by atoms with Crippen LogP contribution < -0.4 is 10.5 Å². The zero-order chi connectivity index (χ0) is 12.5. The maximum atomic E-state index is 5.93. The average molecular weight is 262 g/mol. The molecule has 1 aliphatic carbocycles. The maximum Gasteiger partial charge on any atom is 0.225 e. The zero-order valence-corrected chi connectivity index (χ0v) is 10.4. The van der Waals surface area contributed by atoms with Gasteiger partial charge in [-0.3, -0.25) is 0 Å². The van der Waals surface area contributed by atoms with E-state index in [9.17, 15) is 0 Å². The highest BCUT2D eigenvalue weighted by molar-refractivity contribution is 6.30. The lowest BCUT2D eigenvalue weighted by Crippen LogP contribution is -1.98. The van der Waals surface area contributed by atoms with Crippen LogP contribution >= 0.6 is 11.6 Å². The highest BCUT2D eigenvalue weighted by Gasteiger charge is 2.19. The van der Waals surface area contributed by atoms with Crippen molar-refractivity contribution >= 4 is 17.3 Å². The molecule has 0 fully saturated rings. The molecule has 2 N–H and O–H groups in total. The molecule has 2 aromatic rings. The highest BCUT2D eigenvalue weighted by atomic mass is 35.5. The van der Waals surface area contributed by atoms with Gasteiger partial charge in [0.25, 0.3) is 0 Å². The standard InChI is InChI=1S/C13H12ClN3O/c14-8-4-5-10(15)12(6-8)18-13-9-2-1-3-11(9)16-7-17-13/h4-7H,1-3,15H2. The molecule has 5 heteroatoms. The van der Waals surface area contributed by atoms with Gasteiger partial charge in [-0.15, -0.1) is 0 Å². The molecule has 0 saturated heterocycles. The smallest absolute Gasteiger partial charge is 0.225 e. The number of ether oxygens (including phenoxy) is 1. The van der Waals surface area contributed by atoms with Crippen molar-refractivity contribution in [2.45, 2.75) is 19.3 Å². The van der Waals surface area contributed by atoms with E-state index >= 15 is 0 Å². The molecular formula is C13H12ClN3O. The lowest BCUT2D eigenvalue weighted by Gasteiger charge is -2.10. The Morgan fingerprint density at radius 2 is 2.11 bits per heavy atom. The summed E-state index contributed by atoms with van der Waals surface area (Å²) >= 11 is 5.93. The van der Waals surface area contributed by atoms with Crippen molar-refractivity contribution in [3.63, 3.8) is 0 Å². The van der Waals surface area contributed by atoms with E-state index < -0.39 is 0 Å². The van der Waals surface area contributed by atoms with Crippen molar-refractivity contribution in [3.8, 4) is 11.6 Å². The minimum atomic E-state index is 0.537. The number of nitrogen functional groups attached to an aromatic ring is 1. The van der Waals surface area contributed by atoms with E-state index in [4.69, 9.17) is 22.1 Å². The van der Waals surface area contributed by atoms with E-state index in [1.165, 1.54) is 6.33 Å². The first kappa shape index (κ1) is 11.3. The first-order chi connectivity index (χ1) is 8.74. The van der Waals surface area contributed by atoms with Gasteiger partial charge in [0, 0.05) is 16.7 Å². The second-order valence-corrected chi connectivity index (χ2v) is 4.68. The molecule has 92 valence electrons. The first-order valence-corrected chi connectivity index (χ1v) is 6.17. The Morgan fingerprint density at radius 3 is 3.00 bits per heavy atom. The molecule has 1 aromatic carbocycles. The first-order valence-electron chi connectivity index (χ1n) is 5.79. The lowest BCUT2D eigenvalue weighted by atomic mass is 10.2. The predicted octanol–water partition coefficient (Wildman–Crippen LogP) is 2.99. The van der Waals surface area contributed by atoms with Crippen LogP contribution in [0.2, 0.25) is 5.02 Å². The number of aryl methyl sites for hydroxylation is 1. The topological polar surface area (TPSA) is 61.0 Å². The molecule has 18 heavy (non-hydrogen) atoms. The molecule has 0 aliphatic heterocycles. The van der Waals surface area contributed by atoms with Crippen LogP contribution in [0.1, 0.15) is 17.7 Å². The number of nitrogens with zero attached hydrogens (tertiary/aromatic N) is 2. The SMILES string of the molecule is Nc1ccc(Cl)cc1Oc1ncnc2c1CCC2. The summed E-state index contributed by atoms with van der Waals surface area (Å²) in [5, 5.41) is 0.588. The van der Waals surface area contributed by atoms with Crippen molar-refractivity contribution in [3.05, 3.63) is 40.8 Å². The number of aromatic nitrogens is 2. The second-order valence-electron chi connectivity index (χ2n) is 4.24. The van der Waals surface area contributed by atoms with E-state index in [2.05, 4.69) is 9.97 Å². The van der Waals surface area contributed by atoms with Gasteiger partial charge in [0.2, 0.25) is 5.88 Å². The molecule has 0 amide bonds. The van der Waals surface area contributed by atoms with E-state index in [1.807, 2.05) is 0 Å². The number of hydrogen-bond donors (Lipinski definition) is 1. The fraction of sp³-hybridized carbons (Fsp3) is 0.231. The maximum absolute atomic E-state index is 5.93. The Balaban J connectivity index is 1.98. The van der Waals surface area contributed by atoms with Crippen molar-refractivity contribution in [1.29, 1.82) is 0 Å². The van der Waals surface area contributed by atoms with Crippen LogP contribution in [0.25, 0.3) is 0 Å². The third kappa shape index (κ3) is 1.99. The number of nitrogens with two attached hydrogens (primary N) is 1. The molecule has 0 atom stereocenters. The summed E-state index contributed by atoms with van der Waals surface area (Å²) in [6, 6.07) is 5.15. The highest BCUT2D eigenvalue weighted by Crippen LogP contribution is 2.33. The lowest BCUT2D eigenvalue weighted by molar-refractivity contribution is 0.457. The van der Waals surface area contributed by atoms with Gasteiger partial charge in [-0.1, -0.05) is 11.6 Å². The second kappa shape index (κ2) is 4.46. The fourth-order valence-corrected chi connectivity index (χ4v) is 2.28. The zero-order valence-electron chi connectivity index (χ0n) is 9.69. The molecular weight excluding hydrogens is 250 g/mol. The number of hydrogen-bond acceptors (Lipinski definition) is 4. The van der Waals surface area contributed by atoms with E-state index in [0.717, 1.165) is 30.5 Å². The van der Waals surface area contributed by atoms with Crippen molar-refractivity contribution in [2.75, 3.05) is 5.73 Å². The van der Waals surface area contributed by atoms with Crippen molar-refractivity contribution in [1.82, 2.24) is 9.97 Å². The van der Waals surface area contributed by atoms with Crippen LogP contribution in [0.4, 0.5) is 5.69 Å². The summed E-state index contributed by atoms with van der Waals surface area (Å²) in [5.74, 6) is 1.13. The summed E-state index contributed by atoms with van der Waals surface area (Å²) in [6.45, 7) is 0. The predicted molar refractivity (Wildman–Crippen MR) is 70.0 cm³/mol. The van der Waals surface area contributed by atoms with E-state index in [1.54, 1.807) is 18.2 Å². The number of rotatable bonds is 2. The number of anilines is 1. The quantitative estimate of drug-likeness (QED) is 0.844. The van der Waals surface area contributed by atoms with Gasteiger partial charge >= 0.3 is 0 Å². The summed E-state index contributed by atoms with van der Waals surface area (Å²) in [7, 11) is 0. The van der Waals surface area contributed by atoms with Gasteiger partial charge in [0.1, 0.15) is 6.33 Å². The summed E-state index contributed by atoms with van der Waals surface area (Å²) in [5.41, 5.74) is 8.55. The Labute approximate surface area is 110 Å². The van der Waals surface area contributed by atoms with Crippen molar-refractivity contribution < 1.29 is 4.74 Å². The van der Waals surface area contributed by atoms with Gasteiger partial charge in [0.05, 0.1) is 11.4 Å².